The second-order valence-electron chi connectivity index (χ2n) is 6.55. The van der Waals surface area contributed by atoms with Crippen molar-refractivity contribution < 1.29 is 17.6 Å². The number of benzene rings is 3. The largest absolute Gasteiger partial charge is 0.323 e. The maximum Gasteiger partial charge on any atom is 0.264 e. The van der Waals surface area contributed by atoms with Crippen LogP contribution in [0, 0.1) is 12.7 Å². The number of nitrogens with one attached hydrogen (secondary N) is 1. The van der Waals surface area contributed by atoms with Gasteiger partial charge in [0.05, 0.1) is 16.3 Å². The summed E-state index contributed by atoms with van der Waals surface area (Å²) in [5, 5.41) is 2.77. The highest BCUT2D eigenvalue weighted by Gasteiger charge is 2.27. The van der Waals surface area contributed by atoms with Crippen molar-refractivity contribution in [2.24, 2.45) is 0 Å². The third-order valence-corrected chi connectivity index (χ3v) is 6.98. The lowest BCUT2D eigenvalue weighted by Crippen LogP contribution is -2.38. The zero-order chi connectivity index (χ0) is 21.7. The predicted molar refractivity (Wildman–Crippen MR) is 119 cm³/mol. The Morgan fingerprint density at radius 1 is 1.00 bits per heavy atom. The lowest BCUT2D eigenvalue weighted by atomic mass is 10.2. The molecule has 0 fully saturated rings. The van der Waals surface area contributed by atoms with Gasteiger partial charge in [0.25, 0.3) is 10.0 Å². The highest BCUT2D eigenvalue weighted by atomic mass is 32.2. The molecule has 0 unspecified atom stereocenters. The number of hydrogen-bond donors (Lipinski definition) is 1. The van der Waals surface area contributed by atoms with Crippen LogP contribution in [0.2, 0.25) is 0 Å². The fraction of sp³-hybridized carbons (Fsp3) is 0.136. The molecule has 156 valence electrons. The van der Waals surface area contributed by atoms with Gasteiger partial charge in [0.2, 0.25) is 5.91 Å². The van der Waals surface area contributed by atoms with Crippen LogP contribution >= 0.6 is 11.8 Å². The summed E-state index contributed by atoms with van der Waals surface area (Å²) in [5.41, 5.74) is 1.71. The zero-order valence-corrected chi connectivity index (χ0v) is 18.1. The smallest absolute Gasteiger partial charge is 0.264 e. The molecular formula is C22H21FN2O3S2. The molecule has 3 aromatic rings. The molecule has 0 aliphatic rings. The Balaban J connectivity index is 1.94. The van der Waals surface area contributed by atoms with Crippen LogP contribution in [0.1, 0.15) is 5.56 Å². The molecule has 0 radical (unpaired) electrons. The predicted octanol–water partition coefficient (Wildman–Crippen LogP) is 4.69. The van der Waals surface area contributed by atoms with E-state index in [4.69, 9.17) is 0 Å². The Labute approximate surface area is 180 Å². The van der Waals surface area contributed by atoms with E-state index in [0.717, 1.165) is 26.9 Å². The summed E-state index contributed by atoms with van der Waals surface area (Å²) >= 11 is 1.47. The van der Waals surface area contributed by atoms with Gasteiger partial charge in [-0.25, -0.2) is 12.8 Å². The Bertz CT molecular complexity index is 1130. The van der Waals surface area contributed by atoms with Crippen molar-refractivity contribution in [3.63, 3.8) is 0 Å². The molecule has 0 aliphatic heterocycles. The minimum absolute atomic E-state index is 0.0507. The maximum atomic E-state index is 13.4. The van der Waals surface area contributed by atoms with E-state index < -0.39 is 28.3 Å². The number of amides is 1. The molecular weight excluding hydrogens is 423 g/mol. The van der Waals surface area contributed by atoms with E-state index in [0.29, 0.717) is 5.69 Å². The van der Waals surface area contributed by atoms with E-state index in [2.05, 4.69) is 5.32 Å². The molecule has 0 bridgehead atoms. The summed E-state index contributed by atoms with van der Waals surface area (Å²) in [5.74, 6) is -0.999. The first kappa shape index (κ1) is 21.9. The van der Waals surface area contributed by atoms with Crippen LogP contribution in [0.25, 0.3) is 0 Å². The maximum absolute atomic E-state index is 13.4. The van der Waals surface area contributed by atoms with Gasteiger partial charge < -0.3 is 5.32 Å². The van der Waals surface area contributed by atoms with Gasteiger partial charge in [-0.1, -0.05) is 29.8 Å². The number of nitrogens with zero attached hydrogens (tertiary/aromatic N) is 1. The van der Waals surface area contributed by atoms with Crippen molar-refractivity contribution in [2.75, 3.05) is 22.4 Å². The van der Waals surface area contributed by atoms with Crippen LogP contribution in [-0.2, 0) is 14.8 Å². The Hall–Kier alpha value is -2.84. The van der Waals surface area contributed by atoms with E-state index in [1.807, 2.05) is 25.3 Å². The zero-order valence-electron chi connectivity index (χ0n) is 16.5. The number of hydrogen-bond acceptors (Lipinski definition) is 4. The molecule has 0 saturated carbocycles. The first-order valence-corrected chi connectivity index (χ1v) is 11.8. The Morgan fingerprint density at radius 2 is 1.63 bits per heavy atom. The van der Waals surface area contributed by atoms with Gasteiger partial charge in [-0.3, -0.25) is 9.10 Å². The second kappa shape index (κ2) is 9.32. The molecule has 30 heavy (non-hydrogen) atoms. The lowest BCUT2D eigenvalue weighted by Gasteiger charge is -2.24. The quantitative estimate of drug-likeness (QED) is 0.537. The van der Waals surface area contributed by atoms with E-state index in [1.165, 1.54) is 36.0 Å². The average Bonchev–Trinajstić information content (AvgIpc) is 2.73. The van der Waals surface area contributed by atoms with Crippen molar-refractivity contribution in [1.29, 1.82) is 0 Å². The summed E-state index contributed by atoms with van der Waals surface area (Å²) in [6, 6.07) is 18.6. The molecule has 0 heterocycles. The van der Waals surface area contributed by atoms with Crippen LogP contribution in [0.5, 0.6) is 0 Å². The molecule has 0 saturated heterocycles. The number of carbonyl (C=O) groups excluding carboxylic acids is 1. The van der Waals surface area contributed by atoms with Crippen molar-refractivity contribution in [2.45, 2.75) is 16.7 Å². The molecule has 3 rings (SSSR count). The minimum atomic E-state index is -4.04. The summed E-state index contributed by atoms with van der Waals surface area (Å²) in [4.78, 5) is 13.7. The summed E-state index contributed by atoms with van der Waals surface area (Å²) in [6.45, 7) is 1.40. The Kier molecular flexibility index (Phi) is 6.79. The number of aryl methyl sites for hydroxylation is 1. The fourth-order valence-corrected chi connectivity index (χ4v) is 4.80. The topological polar surface area (TPSA) is 66.5 Å². The normalized spacial score (nSPS) is 11.2. The standard InChI is InChI=1S/C22H21FN2O3S2/c1-16-7-13-19(14-8-16)30(27,28)25(18-11-9-17(23)10-12-18)15-22(26)24-20-5-3-4-6-21(20)29-2/h3-14H,15H2,1-2H3,(H,24,26). The summed E-state index contributed by atoms with van der Waals surface area (Å²) in [7, 11) is -4.04. The highest BCUT2D eigenvalue weighted by Crippen LogP contribution is 2.26. The van der Waals surface area contributed by atoms with Crippen LogP contribution in [0.15, 0.2) is 82.6 Å². The van der Waals surface area contributed by atoms with Gasteiger partial charge in [-0.05, 0) is 61.7 Å². The van der Waals surface area contributed by atoms with Crippen LogP contribution < -0.4 is 9.62 Å². The molecule has 0 aromatic heterocycles. The number of carbonyl (C=O) groups is 1. The van der Waals surface area contributed by atoms with E-state index >= 15 is 0 Å². The average molecular weight is 445 g/mol. The van der Waals surface area contributed by atoms with E-state index in [-0.39, 0.29) is 10.6 Å². The first-order chi connectivity index (χ1) is 14.3. The molecule has 0 spiro atoms. The lowest BCUT2D eigenvalue weighted by molar-refractivity contribution is -0.114. The highest BCUT2D eigenvalue weighted by molar-refractivity contribution is 7.98. The Morgan fingerprint density at radius 3 is 2.27 bits per heavy atom. The molecule has 3 aromatic carbocycles. The van der Waals surface area contributed by atoms with Gasteiger partial charge in [0, 0.05) is 4.90 Å². The van der Waals surface area contributed by atoms with Gasteiger partial charge in [0.15, 0.2) is 0 Å². The molecule has 0 atom stereocenters. The third-order valence-electron chi connectivity index (χ3n) is 4.39. The van der Waals surface area contributed by atoms with Crippen molar-refractivity contribution in [1.82, 2.24) is 0 Å². The number of anilines is 2. The van der Waals surface area contributed by atoms with Crippen molar-refractivity contribution >= 4 is 39.1 Å². The van der Waals surface area contributed by atoms with Crippen LogP contribution in [0.3, 0.4) is 0 Å². The molecule has 1 N–H and O–H groups in total. The summed E-state index contributed by atoms with van der Waals surface area (Å²) in [6.07, 6.45) is 1.89. The summed E-state index contributed by atoms with van der Waals surface area (Å²) < 4.78 is 41.0. The van der Waals surface area contributed by atoms with Gasteiger partial charge in [-0.2, -0.15) is 0 Å². The minimum Gasteiger partial charge on any atom is -0.323 e. The number of thioether (sulfide) groups is 1. The molecule has 8 heteroatoms. The molecule has 5 nitrogen and oxygen atoms in total. The van der Waals surface area contributed by atoms with Gasteiger partial charge >= 0.3 is 0 Å². The fourth-order valence-electron chi connectivity index (χ4n) is 2.83. The SMILES string of the molecule is CSc1ccccc1NC(=O)CN(c1ccc(F)cc1)S(=O)(=O)c1ccc(C)cc1. The number of halogens is 1. The number of sulfonamides is 1. The molecule has 0 aliphatic carbocycles. The molecule has 1 amide bonds. The van der Waals surface area contributed by atoms with Gasteiger partial charge in [0.1, 0.15) is 12.4 Å². The first-order valence-electron chi connectivity index (χ1n) is 9.09. The monoisotopic (exact) mass is 444 g/mol. The number of para-hydroxylation sites is 1. The van der Waals surface area contributed by atoms with Crippen molar-refractivity contribution in [3.8, 4) is 0 Å². The van der Waals surface area contributed by atoms with E-state index in [9.17, 15) is 17.6 Å². The van der Waals surface area contributed by atoms with Gasteiger partial charge in [-0.15, -0.1) is 11.8 Å². The van der Waals surface area contributed by atoms with E-state index in [1.54, 1.807) is 24.3 Å². The number of rotatable bonds is 7. The van der Waals surface area contributed by atoms with Crippen molar-refractivity contribution in [3.05, 3.63) is 84.2 Å². The van der Waals surface area contributed by atoms with Crippen LogP contribution in [0.4, 0.5) is 15.8 Å². The third kappa shape index (κ3) is 5.01. The second-order valence-corrected chi connectivity index (χ2v) is 9.26. The van der Waals surface area contributed by atoms with Crippen LogP contribution in [-0.4, -0.2) is 27.1 Å².